The number of pyridine rings is 1. The fourth-order valence-electron chi connectivity index (χ4n) is 1.67. The minimum absolute atomic E-state index is 0. The van der Waals surface area contributed by atoms with Crippen LogP contribution in [0.15, 0.2) is 18.5 Å². The van der Waals surface area contributed by atoms with Crippen LogP contribution in [0.2, 0.25) is 0 Å². The molecule has 1 aliphatic heterocycles. The molecule has 84 valence electrons. The van der Waals surface area contributed by atoms with Crippen LogP contribution in [0.3, 0.4) is 0 Å². The Hall–Kier alpha value is -0.800. The zero-order valence-corrected chi connectivity index (χ0v) is 9.72. The molecule has 1 aromatic heterocycles. The van der Waals surface area contributed by atoms with E-state index in [9.17, 15) is 0 Å². The highest BCUT2D eigenvalue weighted by atomic mass is 35.5. The van der Waals surface area contributed by atoms with E-state index >= 15 is 0 Å². The molecule has 0 amide bonds. The minimum atomic E-state index is 0. The highest BCUT2D eigenvalue weighted by molar-refractivity contribution is 5.85. The Morgan fingerprint density at radius 1 is 1.40 bits per heavy atom. The number of nitrogens with zero attached hydrogens (tertiary/aromatic N) is 1. The molecule has 4 heteroatoms. The number of aryl methyl sites for hydroxylation is 1. The van der Waals surface area contributed by atoms with Crippen LogP contribution in [-0.4, -0.2) is 24.2 Å². The summed E-state index contributed by atoms with van der Waals surface area (Å²) < 4.78 is 5.88. The van der Waals surface area contributed by atoms with Gasteiger partial charge in [-0.25, -0.2) is 0 Å². The summed E-state index contributed by atoms with van der Waals surface area (Å²) in [5.74, 6) is 0.930. The largest absolute Gasteiger partial charge is 0.488 e. The van der Waals surface area contributed by atoms with Crippen LogP contribution in [0, 0.1) is 6.92 Å². The highest BCUT2D eigenvalue weighted by Gasteiger charge is 2.14. The second-order valence-corrected chi connectivity index (χ2v) is 3.71. The molecule has 1 aromatic rings. The molecule has 0 spiro atoms. The van der Waals surface area contributed by atoms with Crippen LogP contribution in [0.25, 0.3) is 0 Å². The maximum Gasteiger partial charge on any atom is 0.140 e. The van der Waals surface area contributed by atoms with E-state index in [-0.39, 0.29) is 12.4 Å². The molecule has 0 radical (unpaired) electrons. The van der Waals surface area contributed by atoms with Crippen molar-refractivity contribution in [2.75, 3.05) is 13.1 Å². The van der Waals surface area contributed by atoms with Gasteiger partial charge in [0.05, 0.1) is 6.20 Å². The van der Waals surface area contributed by atoms with Gasteiger partial charge in [0.25, 0.3) is 0 Å². The summed E-state index contributed by atoms with van der Waals surface area (Å²) in [7, 11) is 0. The lowest BCUT2D eigenvalue weighted by Crippen LogP contribution is -2.34. The first kappa shape index (κ1) is 12.3. The van der Waals surface area contributed by atoms with Gasteiger partial charge in [-0.05, 0) is 44.5 Å². The van der Waals surface area contributed by atoms with Gasteiger partial charge in [-0.1, -0.05) is 0 Å². The standard InChI is InChI=1S/C11H16N2O.ClH/c1-9-2-5-13-8-11(9)14-10-3-6-12-7-4-10;/h2,5,8,10,12H,3-4,6-7H2,1H3;1H. The number of ether oxygens (including phenoxy) is 1. The Morgan fingerprint density at radius 2 is 2.13 bits per heavy atom. The zero-order valence-electron chi connectivity index (χ0n) is 8.90. The third kappa shape index (κ3) is 3.36. The molecule has 1 saturated heterocycles. The van der Waals surface area contributed by atoms with Gasteiger partial charge >= 0.3 is 0 Å². The zero-order chi connectivity index (χ0) is 9.80. The number of nitrogens with one attached hydrogen (secondary N) is 1. The number of piperidine rings is 1. The van der Waals surface area contributed by atoms with Gasteiger partial charge in [-0.2, -0.15) is 0 Å². The second kappa shape index (κ2) is 5.93. The first-order chi connectivity index (χ1) is 6.86. The summed E-state index contributed by atoms with van der Waals surface area (Å²) in [5.41, 5.74) is 1.17. The SMILES string of the molecule is Cc1ccncc1OC1CCNCC1.Cl. The molecule has 3 nitrogen and oxygen atoms in total. The molecule has 0 aliphatic carbocycles. The fraction of sp³-hybridized carbons (Fsp3) is 0.545. The fourth-order valence-corrected chi connectivity index (χ4v) is 1.67. The predicted molar refractivity (Wildman–Crippen MR) is 62.7 cm³/mol. The molecule has 2 rings (SSSR count). The van der Waals surface area contributed by atoms with Crippen LogP contribution >= 0.6 is 12.4 Å². The van der Waals surface area contributed by atoms with Crippen molar-refractivity contribution in [1.82, 2.24) is 10.3 Å². The van der Waals surface area contributed by atoms with Crippen LogP contribution < -0.4 is 10.1 Å². The van der Waals surface area contributed by atoms with Crippen LogP contribution in [0.4, 0.5) is 0 Å². The summed E-state index contributed by atoms with van der Waals surface area (Å²) in [5, 5.41) is 3.32. The smallest absolute Gasteiger partial charge is 0.140 e. The van der Waals surface area contributed by atoms with Crippen molar-refractivity contribution in [2.45, 2.75) is 25.9 Å². The van der Waals surface area contributed by atoms with E-state index in [1.165, 1.54) is 5.56 Å². The van der Waals surface area contributed by atoms with Gasteiger partial charge < -0.3 is 10.1 Å². The molecular weight excluding hydrogens is 212 g/mol. The van der Waals surface area contributed by atoms with E-state index in [1.54, 1.807) is 12.4 Å². The molecular formula is C11H17ClN2O. The summed E-state index contributed by atoms with van der Waals surface area (Å²) >= 11 is 0. The third-order valence-corrected chi connectivity index (χ3v) is 2.57. The van der Waals surface area contributed by atoms with Crippen molar-refractivity contribution in [2.24, 2.45) is 0 Å². The molecule has 0 bridgehead atoms. The molecule has 1 aliphatic rings. The first-order valence-electron chi connectivity index (χ1n) is 5.14. The maximum atomic E-state index is 5.88. The van der Waals surface area contributed by atoms with Gasteiger partial charge in [0, 0.05) is 6.20 Å². The predicted octanol–water partition coefficient (Wildman–Crippen LogP) is 1.94. The lowest BCUT2D eigenvalue weighted by Gasteiger charge is -2.24. The van der Waals surface area contributed by atoms with Crippen LogP contribution in [0.5, 0.6) is 5.75 Å². The van der Waals surface area contributed by atoms with E-state index in [1.807, 2.05) is 6.07 Å². The van der Waals surface area contributed by atoms with Gasteiger partial charge in [0.1, 0.15) is 11.9 Å². The topological polar surface area (TPSA) is 34.1 Å². The lowest BCUT2D eigenvalue weighted by atomic mass is 10.1. The minimum Gasteiger partial charge on any atom is -0.488 e. The van der Waals surface area contributed by atoms with E-state index < -0.39 is 0 Å². The van der Waals surface area contributed by atoms with Crippen molar-refractivity contribution in [1.29, 1.82) is 0 Å². The normalized spacial score (nSPS) is 16.9. The lowest BCUT2D eigenvalue weighted by molar-refractivity contribution is 0.161. The van der Waals surface area contributed by atoms with Crippen molar-refractivity contribution in [3.63, 3.8) is 0 Å². The number of aromatic nitrogens is 1. The first-order valence-corrected chi connectivity index (χ1v) is 5.14. The maximum absolute atomic E-state index is 5.88. The molecule has 15 heavy (non-hydrogen) atoms. The van der Waals surface area contributed by atoms with Crippen LogP contribution in [-0.2, 0) is 0 Å². The monoisotopic (exact) mass is 228 g/mol. The average molecular weight is 229 g/mol. The van der Waals surface area contributed by atoms with Crippen LogP contribution in [0.1, 0.15) is 18.4 Å². The molecule has 2 heterocycles. The van der Waals surface area contributed by atoms with E-state index in [2.05, 4.69) is 17.2 Å². The second-order valence-electron chi connectivity index (χ2n) is 3.71. The van der Waals surface area contributed by atoms with Crippen molar-refractivity contribution >= 4 is 12.4 Å². The van der Waals surface area contributed by atoms with Gasteiger partial charge in [0.2, 0.25) is 0 Å². The third-order valence-electron chi connectivity index (χ3n) is 2.57. The Morgan fingerprint density at radius 3 is 2.80 bits per heavy atom. The van der Waals surface area contributed by atoms with Crippen molar-refractivity contribution in [3.8, 4) is 5.75 Å². The van der Waals surface area contributed by atoms with Crippen molar-refractivity contribution in [3.05, 3.63) is 24.0 Å². The number of rotatable bonds is 2. The van der Waals surface area contributed by atoms with Gasteiger partial charge in [-0.3, -0.25) is 4.98 Å². The van der Waals surface area contributed by atoms with Gasteiger partial charge in [0.15, 0.2) is 0 Å². The summed E-state index contributed by atoms with van der Waals surface area (Å²) in [4.78, 5) is 4.07. The summed E-state index contributed by atoms with van der Waals surface area (Å²) in [6.45, 7) is 4.17. The van der Waals surface area contributed by atoms with Crippen molar-refractivity contribution < 1.29 is 4.74 Å². The quantitative estimate of drug-likeness (QED) is 0.840. The Bertz CT molecular complexity index is 300. The number of hydrogen-bond acceptors (Lipinski definition) is 3. The van der Waals surface area contributed by atoms with E-state index in [0.29, 0.717) is 6.10 Å². The van der Waals surface area contributed by atoms with E-state index in [0.717, 1.165) is 31.7 Å². The molecule has 0 aromatic carbocycles. The summed E-state index contributed by atoms with van der Waals surface area (Å²) in [6, 6.07) is 1.98. The molecule has 1 fully saturated rings. The highest BCUT2D eigenvalue weighted by Crippen LogP contribution is 2.19. The number of hydrogen-bond donors (Lipinski definition) is 1. The van der Waals surface area contributed by atoms with Gasteiger partial charge in [-0.15, -0.1) is 12.4 Å². The number of halogens is 1. The van der Waals surface area contributed by atoms with E-state index in [4.69, 9.17) is 4.74 Å². The molecule has 0 saturated carbocycles. The molecule has 0 atom stereocenters. The molecule has 0 unspecified atom stereocenters. The Kier molecular flexibility index (Phi) is 4.85. The average Bonchev–Trinajstić information content (AvgIpc) is 2.23. The molecule has 1 N–H and O–H groups in total. The Balaban J connectivity index is 0.00000112. The Labute approximate surface area is 96.7 Å². The summed E-state index contributed by atoms with van der Waals surface area (Å²) in [6.07, 6.45) is 6.14.